The lowest BCUT2D eigenvalue weighted by Gasteiger charge is -2.29. The lowest BCUT2D eigenvalue weighted by Crippen LogP contribution is -2.30. The standard InChI is InChI=1S/C15H21N5O/c1-8(12-6-10-3-4-11(12)5-10)16-13-7-14-18-19-15(21)20(14)9(2)17-13/h7-8,10-12,16H,3-6H2,1-2H3,(H,19,21). The number of hydrogen-bond donors (Lipinski definition) is 2. The first-order valence-corrected chi connectivity index (χ1v) is 7.83. The Labute approximate surface area is 123 Å². The highest BCUT2D eigenvalue weighted by Gasteiger charge is 2.41. The number of rotatable bonds is 3. The summed E-state index contributed by atoms with van der Waals surface area (Å²) < 4.78 is 1.49. The summed E-state index contributed by atoms with van der Waals surface area (Å²) in [4.78, 5) is 16.1. The van der Waals surface area contributed by atoms with Gasteiger partial charge in [-0.25, -0.2) is 19.3 Å². The normalized spacial score (nSPS) is 29.1. The highest BCUT2D eigenvalue weighted by molar-refractivity contribution is 5.50. The number of anilines is 1. The molecular formula is C15H21N5O. The Balaban J connectivity index is 1.58. The lowest BCUT2D eigenvalue weighted by atomic mass is 9.84. The van der Waals surface area contributed by atoms with E-state index in [-0.39, 0.29) is 5.69 Å². The average Bonchev–Trinajstić information content (AvgIpc) is 3.14. The summed E-state index contributed by atoms with van der Waals surface area (Å²) in [6.07, 6.45) is 5.58. The van der Waals surface area contributed by atoms with Crippen molar-refractivity contribution in [1.29, 1.82) is 0 Å². The van der Waals surface area contributed by atoms with Crippen molar-refractivity contribution in [3.05, 3.63) is 22.4 Å². The van der Waals surface area contributed by atoms with Crippen LogP contribution in [0.3, 0.4) is 0 Å². The Kier molecular flexibility index (Phi) is 2.80. The van der Waals surface area contributed by atoms with Gasteiger partial charge in [-0.1, -0.05) is 6.42 Å². The molecule has 2 fully saturated rings. The van der Waals surface area contributed by atoms with Gasteiger partial charge in [0, 0.05) is 12.1 Å². The predicted molar refractivity (Wildman–Crippen MR) is 80.4 cm³/mol. The largest absolute Gasteiger partial charge is 0.367 e. The van der Waals surface area contributed by atoms with Gasteiger partial charge >= 0.3 is 5.69 Å². The average molecular weight is 287 g/mol. The van der Waals surface area contributed by atoms with E-state index >= 15 is 0 Å². The SMILES string of the molecule is Cc1nc(NC(C)C2CC3CCC2C3)cc2n[nH]c(=O)n12. The zero-order chi connectivity index (χ0) is 14.6. The van der Waals surface area contributed by atoms with E-state index in [1.165, 1.54) is 30.1 Å². The van der Waals surface area contributed by atoms with E-state index in [0.717, 1.165) is 23.6 Å². The van der Waals surface area contributed by atoms with Gasteiger partial charge in [0.25, 0.3) is 0 Å². The van der Waals surface area contributed by atoms with E-state index in [2.05, 4.69) is 27.4 Å². The minimum Gasteiger partial charge on any atom is -0.367 e. The van der Waals surface area contributed by atoms with Crippen LogP contribution in [-0.4, -0.2) is 25.6 Å². The summed E-state index contributed by atoms with van der Waals surface area (Å²) in [6, 6.07) is 2.26. The van der Waals surface area contributed by atoms with Crippen LogP contribution in [0.4, 0.5) is 5.82 Å². The third kappa shape index (κ3) is 2.04. The maximum Gasteiger partial charge on any atom is 0.349 e. The molecule has 0 amide bonds. The van der Waals surface area contributed by atoms with Crippen molar-refractivity contribution in [2.75, 3.05) is 5.32 Å². The van der Waals surface area contributed by atoms with Crippen LogP contribution < -0.4 is 11.0 Å². The molecule has 2 bridgehead atoms. The van der Waals surface area contributed by atoms with Crippen molar-refractivity contribution < 1.29 is 0 Å². The van der Waals surface area contributed by atoms with E-state index in [0.29, 0.717) is 17.5 Å². The first-order chi connectivity index (χ1) is 10.1. The van der Waals surface area contributed by atoms with Gasteiger partial charge < -0.3 is 5.32 Å². The van der Waals surface area contributed by atoms with Crippen LogP contribution in [0.15, 0.2) is 10.9 Å². The van der Waals surface area contributed by atoms with Gasteiger partial charge in [-0.15, -0.1) is 0 Å². The van der Waals surface area contributed by atoms with Gasteiger partial charge in [-0.05, 0) is 50.9 Å². The van der Waals surface area contributed by atoms with E-state index in [4.69, 9.17) is 0 Å². The van der Waals surface area contributed by atoms with Crippen molar-refractivity contribution in [2.24, 2.45) is 17.8 Å². The minimum absolute atomic E-state index is 0.234. The third-order valence-electron chi connectivity index (χ3n) is 5.38. The molecule has 0 aliphatic heterocycles. The maximum absolute atomic E-state index is 11.6. The van der Waals surface area contributed by atoms with Crippen molar-refractivity contribution in [3.63, 3.8) is 0 Å². The maximum atomic E-state index is 11.6. The molecule has 6 heteroatoms. The van der Waals surface area contributed by atoms with Gasteiger partial charge in [-0.2, -0.15) is 5.10 Å². The second-order valence-electron chi connectivity index (χ2n) is 6.68. The zero-order valence-electron chi connectivity index (χ0n) is 12.5. The summed E-state index contributed by atoms with van der Waals surface area (Å²) in [5.74, 6) is 4.06. The molecule has 2 saturated carbocycles. The lowest BCUT2D eigenvalue weighted by molar-refractivity contribution is 0.304. The Morgan fingerprint density at radius 3 is 3.00 bits per heavy atom. The summed E-state index contributed by atoms with van der Waals surface area (Å²) in [5.41, 5.74) is 0.387. The number of nitrogens with one attached hydrogen (secondary N) is 2. The fourth-order valence-corrected chi connectivity index (χ4v) is 4.42. The molecule has 6 nitrogen and oxygen atoms in total. The second-order valence-corrected chi connectivity index (χ2v) is 6.68. The first kappa shape index (κ1) is 12.9. The molecule has 0 aromatic carbocycles. The van der Waals surface area contributed by atoms with Gasteiger partial charge in [-0.3, -0.25) is 0 Å². The molecule has 2 aliphatic rings. The van der Waals surface area contributed by atoms with E-state index in [9.17, 15) is 4.79 Å². The number of aryl methyl sites for hydroxylation is 1. The molecule has 2 aromatic heterocycles. The van der Waals surface area contributed by atoms with Crippen LogP contribution >= 0.6 is 0 Å². The number of H-pyrrole nitrogens is 1. The predicted octanol–water partition coefficient (Wildman–Crippen LogP) is 1.96. The molecule has 21 heavy (non-hydrogen) atoms. The summed E-state index contributed by atoms with van der Waals surface area (Å²) >= 11 is 0. The van der Waals surface area contributed by atoms with Crippen molar-refractivity contribution >= 4 is 11.5 Å². The van der Waals surface area contributed by atoms with Gasteiger partial charge in [0.15, 0.2) is 5.65 Å². The van der Waals surface area contributed by atoms with E-state index < -0.39 is 0 Å². The van der Waals surface area contributed by atoms with Crippen LogP contribution in [0, 0.1) is 24.7 Å². The summed E-state index contributed by atoms with van der Waals surface area (Å²) in [5, 5.41) is 10.0. The van der Waals surface area contributed by atoms with Gasteiger partial charge in [0.05, 0.1) is 0 Å². The third-order valence-corrected chi connectivity index (χ3v) is 5.38. The molecule has 2 aliphatic carbocycles. The zero-order valence-corrected chi connectivity index (χ0v) is 12.5. The van der Waals surface area contributed by atoms with Crippen LogP contribution in [0.25, 0.3) is 5.65 Å². The molecule has 0 spiro atoms. The molecule has 2 heterocycles. The van der Waals surface area contributed by atoms with Crippen molar-refractivity contribution in [1.82, 2.24) is 19.6 Å². The van der Waals surface area contributed by atoms with E-state index in [1.807, 2.05) is 13.0 Å². The molecule has 4 rings (SSSR count). The molecular weight excluding hydrogens is 266 g/mol. The Morgan fingerprint density at radius 1 is 1.43 bits per heavy atom. The van der Waals surface area contributed by atoms with Crippen LogP contribution in [-0.2, 0) is 0 Å². The summed E-state index contributed by atoms with van der Waals surface area (Å²) in [6.45, 7) is 4.08. The van der Waals surface area contributed by atoms with Crippen LogP contribution in [0.1, 0.15) is 38.4 Å². The quantitative estimate of drug-likeness (QED) is 0.905. The molecule has 2 aromatic rings. The molecule has 0 radical (unpaired) electrons. The smallest absolute Gasteiger partial charge is 0.349 e. The number of hydrogen-bond acceptors (Lipinski definition) is 4. The molecule has 2 N–H and O–H groups in total. The number of aromatic nitrogens is 4. The van der Waals surface area contributed by atoms with Crippen LogP contribution in [0.2, 0.25) is 0 Å². The van der Waals surface area contributed by atoms with Crippen molar-refractivity contribution in [2.45, 2.75) is 45.6 Å². The first-order valence-electron chi connectivity index (χ1n) is 7.83. The molecule has 112 valence electrons. The molecule has 0 saturated heterocycles. The topological polar surface area (TPSA) is 75.1 Å². The number of aromatic amines is 1. The highest BCUT2D eigenvalue weighted by atomic mass is 16.1. The fourth-order valence-electron chi connectivity index (χ4n) is 4.42. The van der Waals surface area contributed by atoms with Gasteiger partial charge in [0.1, 0.15) is 11.6 Å². The van der Waals surface area contributed by atoms with E-state index in [1.54, 1.807) is 0 Å². The highest BCUT2D eigenvalue weighted by Crippen LogP contribution is 2.49. The number of fused-ring (bicyclic) bond motifs is 3. The number of nitrogens with zero attached hydrogens (tertiary/aromatic N) is 3. The second kappa shape index (κ2) is 4.58. The van der Waals surface area contributed by atoms with Gasteiger partial charge in [0.2, 0.25) is 0 Å². The minimum atomic E-state index is -0.234. The Morgan fingerprint density at radius 2 is 2.29 bits per heavy atom. The summed E-state index contributed by atoms with van der Waals surface area (Å²) in [7, 11) is 0. The Hall–Kier alpha value is -1.85. The monoisotopic (exact) mass is 287 g/mol. The van der Waals surface area contributed by atoms with Crippen LogP contribution in [0.5, 0.6) is 0 Å². The van der Waals surface area contributed by atoms with Crippen molar-refractivity contribution in [3.8, 4) is 0 Å². The Bertz CT molecular complexity index is 733. The molecule has 4 atom stereocenters. The molecule has 4 unspecified atom stereocenters. The fraction of sp³-hybridized carbons (Fsp3) is 0.667.